The average Bonchev–Trinajstić information content (AvgIpc) is 2.25. The second-order valence-corrected chi connectivity index (χ2v) is 4.25. The van der Waals surface area contributed by atoms with Crippen molar-refractivity contribution in [2.45, 2.75) is 13.3 Å². The molecule has 0 aliphatic heterocycles. The predicted molar refractivity (Wildman–Crippen MR) is 68.4 cm³/mol. The zero-order chi connectivity index (χ0) is 11.1. The van der Waals surface area contributed by atoms with Crippen LogP contribution in [0.25, 0.3) is 0 Å². The number of anilines is 1. The van der Waals surface area contributed by atoms with Crippen molar-refractivity contribution in [3.8, 4) is 0 Å². The van der Waals surface area contributed by atoms with Gasteiger partial charge in [0.2, 0.25) is 0 Å². The molecule has 0 aromatic carbocycles. The van der Waals surface area contributed by atoms with Crippen molar-refractivity contribution in [3.05, 3.63) is 22.8 Å². The van der Waals surface area contributed by atoms with E-state index in [1.54, 1.807) is 0 Å². The number of rotatable bonds is 6. The van der Waals surface area contributed by atoms with E-state index in [1.807, 2.05) is 25.4 Å². The Morgan fingerprint density at radius 3 is 2.87 bits per heavy atom. The number of halogens is 1. The Morgan fingerprint density at radius 2 is 2.27 bits per heavy atom. The molecule has 1 rings (SSSR count). The van der Waals surface area contributed by atoms with E-state index in [2.05, 4.69) is 38.1 Å². The fourth-order valence-corrected chi connectivity index (χ4v) is 1.96. The van der Waals surface area contributed by atoms with E-state index in [0.29, 0.717) is 0 Å². The maximum Gasteiger partial charge on any atom is 0.142 e. The molecule has 0 aliphatic carbocycles. The van der Waals surface area contributed by atoms with Gasteiger partial charge < -0.3 is 10.2 Å². The van der Waals surface area contributed by atoms with Gasteiger partial charge in [0.25, 0.3) is 0 Å². The van der Waals surface area contributed by atoms with E-state index in [4.69, 9.17) is 0 Å². The highest BCUT2D eigenvalue weighted by atomic mass is 79.9. The van der Waals surface area contributed by atoms with Crippen molar-refractivity contribution in [1.29, 1.82) is 0 Å². The fraction of sp³-hybridized carbons (Fsp3) is 0.545. The van der Waals surface area contributed by atoms with Crippen LogP contribution in [0.2, 0.25) is 0 Å². The predicted octanol–water partition coefficient (Wildman–Crippen LogP) is 2.28. The number of aromatic nitrogens is 1. The lowest BCUT2D eigenvalue weighted by Crippen LogP contribution is -2.32. The fourth-order valence-electron chi connectivity index (χ4n) is 1.45. The van der Waals surface area contributed by atoms with E-state index < -0.39 is 0 Å². The highest BCUT2D eigenvalue weighted by Gasteiger charge is 2.09. The van der Waals surface area contributed by atoms with Crippen LogP contribution in [0, 0.1) is 0 Å². The molecule has 1 heterocycles. The lowest BCUT2D eigenvalue weighted by atomic mass is 10.3. The van der Waals surface area contributed by atoms with Crippen LogP contribution in [0.15, 0.2) is 22.8 Å². The molecular formula is C11H18BrN3. The molecular weight excluding hydrogens is 254 g/mol. The highest BCUT2D eigenvalue weighted by molar-refractivity contribution is 9.10. The summed E-state index contributed by atoms with van der Waals surface area (Å²) >= 11 is 3.53. The maximum absolute atomic E-state index is 4.40. The maximum atomic E-state index is 4.40. The third kappa shape index (κ3) is 3.80. The van der Waals surface area contributed by atoms with Crippen molar-refractivity contribution in [2.24, 2.45) is 0 Å². The molecule has 84 valence electrons. The number of nitrogens with zero attached hydrogens (tertiary/aromatic N) is 2. The van der Waals surface area contributed by atoms with Gasteiger partial charge in [0.1, 0.15) is 5.82 Å². The van der Waals surface area contributed by atoms with Crippen LogP contribution < -0.4 is 10.2 Å². The number of pyridine rings is 1. The van der Waals surface area contributed by atoms with Crippen LogP contribution >= 0.6 is 15.9 Å². The monoisotopic (exact) mass is 271 g/mol. The van der Waals surface area contributed by atoms with Gasteiger partial charge in [-0.25, -0.2) is 4.98 Å². The minimum absolute atomic E-state index is 0.975. The van der Waals surface area contributed by atoms with E-state index in [-0.39, 0.29) is 0 Å². The molecule has 0 radical (unpaired) electrons. The smallest absolute Gasteiger partial charge is 0.142 e. The number of hydrogen-bond donors (Lipinski definition) is 1. The second-order valence-electron chi connectivity index (χ2n) is 3.40. The van der Waals surface area contributed by atoms with Gasteiger partial charge in [-0.05, 0) is 41.5 Å². The summed E-state index contributed by atoms with van der Waals surface area (Å²) in [7, 11) is 1.97. The first-order chi connectivity index (χ1) is 7.29. The Kier molecular flexibility index (Phi) is 5.65. The van der Waals surface area contributed by atoms with Crippen molar-refractivity contribution in [2.75, 3.05) is 31.6 Å². The Labute approximate surface area is 100 Å². The second kappa shape index (κ2) is 6.80. The van der Waals surface area contributed by atoms with Crippen LogP contribution in [0.1, 0.15) is 13.3 Å². The number of likely N-dealkylation sites (N-methyl/N-ethyl adjacent to an activating group) is 1. The molecule has 15 heavy (non-hydrogen) atoms. The van der Waals surface area contributed by atoms with Gasteiger partial charge in [-0.3, -0.25) is 0 Å². The molecule has 0 amide bonds. The van der Waals surface area contributed by atoms with Gasteiger partial charge in [0, 0.05) is 25.8 Å². The molecule has 1 aromatic heterocycles. The summed E-state index contributed by atoms with van der Waals surface area (Å²) in [5.74, 6) is 1.04. The lowest BCUT2D eigenvalue weighted by molar-refractivity contribution is 0.701. The summed E-state index contributed by atoms with van der Waals surface area (Å²) in [6.45, 7) is 5.18. The molecule has 0 aliphatic rings. The summed E-state index contributed by atoms with van der Waals surface area (Å²) in [4.78, 5) is 6.69. The number of hydrogen-bond acceptors (Lipinski definition) is 3. The molecule has 0 bridgehead atoms. The Balaban J connectivity index is 2.74. The number of nitrogens with one attached hydrogen (secondary N) is 1. The molecule has 1 N–H and O–H groups in total. The van der Waals surface area contributed by atoms with E-state index >= 15 is 0 Å². The summed E-state index contributed by atoms with van der Waals surface area (Å²) in [6.07, 6.45) is 2.97. The van der Waals surface area contributed by atoms with Gasteiger partial charge in [-0.2, -0.15) is 0 Å². The molecule has 0 unspecified atom stereocenters. The van der Waals surface area contributed by atoms with Crippen LogP contribution in [0.3, 0.4) is 0 Å². The van der Waals surface area contributed by atoms with Crippen molar-refractivity contribution in [3.63, 3.8) is 0 Å². The van der Waals surface area contributed by atoms with E-state index in [0.717, 1.165) is 36.3 Å². The van der Waals surface area contributed by atoms with Gasteiger partial charge in [-0.15, -0.1) is 0 Å². The first-order valence-corrected chi connectivity index (χ1v) is 6.09. The van der Waals surface area contributed by atoms with Gasteiger partial charge in [0.05, 0.1) is 4.47 Å². The molecule has 1 aromatic rings. The quantitative estimate of drug-likeness (QED) is 0.861. The summed E-state index contributed by atoms with van der Waals surface area (Å²) < 4.78 is 1.06. The normalized spacial score (nSPS) is 10.3. The molecule has 0 atom stereocenters. The lowest BCUT2D eigenvalue weighted by Gasteiger charge is -2.23. The van der Waals surface area contributed by atoms with Gasteiger partial charge in [-0.1, -0.05) is 6.92 Å². The first kappa shape index (κ1) is 12.5. The summed E-state index contributed by atoms with van der Waals surface area (Å²) in [5.41, 5.74) is 0. The van der Waals surface area contributed by atoms with Crippen molar-refractivity contribution < 1.29 is 0 Å². The van der Waals surface area contributed by atoms with Gasteiger partial charge in [0.15, 0.2) is 0 Å². The zero-order valence-corrected chi connectivity index (χ0v) is 10.9. The minimum Gasteiger partial charge on any atom is -0.354 e. The molecule has 4 heteroatoms. The zero-order valence-electron chi connectivity index (χ0n) is 9.33. The average molecular weight is 272 g/mol. The third-order valence-corrected chi connectivity index (χ3v) is 2.78. The van der Waals surface area contributed by atoms with E-state index in [1.165, 1.54) is 0 Å². The van der Waals surface area contributed by atoms with Crippen molar-refractivity contribution >= 4 is 21.7 Å². The Hall–Kier alpha value is -0.610. The Bertz CT molecular complexity index is 291. The van der Waals surface area contributed by atoms with Gasteiger partial charge >= 0.3 is 0 Å². The third-order valence-electron chi connectivity index (χ3n) is 2.16. The first-order valence-electron chi connectivity index (χ1n) is 5.29. The summed E-state index contributed by atoms with van der Waals surface area (Å²) in [5, 5.41) is 3.16. The molecule has 0 saturated heterocycles. The highest BCUT2D eigenvalue weighted by Crippen LogP contribution is 2.22. The molecule has 0 fully saturated rings. The van der Waals surface area contributed by atoms with Crippen LogP contribution in [-0.2, 0) is 0 Å². The summed E-state index contributed by atoms with van der Waals surface area (Å²) in [6, 6.07) is 3.97. The van der Waals surface area contributed by atoms with Crippen molar-refractivity contribution in [1.82, 2.24) is 10.3 Å². The molecule has 0 saturated carbocycles. The molecule has 0 spiro atoms. The SMILES string of the molecule is CCCN(CCNC)c1ncccc1Br. The standard InChI is InChI=1S/C11H18BrN3/c1-3-8-15(9-7-13-2)11-10(12)5-4-6-14-11/h4-6,13H,3,7-9H2,1-2H3. The minimum atomic E-state index is 0.975. The van der Waals surface area contributed by atoms with Crippen LogP contribution in [0.4, 0.5) is 5.82 Å². The molecule has 3 nitrogen and oxygen atoms in total. The largest absolute Gasteiger partial charge is 0.354 e. The van der Waals surface area contributed by atoms with Crippen LogP contribution in [0.5, 0.6) is 0 Å². The van der Waals surface area contributed by atoms with E-state index in [9.17, 15) is 0 Å². The topological polar surface area (TPSA) is 28.2 Å². The Morgan fingerprint density at radius 1 is 1.47 bits per heavy atom. The van der Waals surface area contributed by atoms with Crippen LogP contribution in [-0.4, -0.2) is 31.7 Å².